The molecule has 126 valence electrons. The molecule has 8 heteroatoms. The second-order valence-corrected chi connectivity index (χ2v) is 7.58. The van der Waals surface area contributed by atoms with Gasteiger partial charge < -0.3 is 5.32 Å². The molecular weight excluding hydrogens is 333 g/mol. The first-order valence-corrected chi connectivity index (χ1v) is 8.78. The minimum absolute atomic E-state index is 0.0970. The Labute approximate surface area is 139 Å². The molecule has 6 nitrogen and oxygen atoms in total. The molecule has 0 saturated carbocycles. The van der Waals surface area contributed by atoms with Gasteiger partial charge in [-0.25, -0.2) is 12.8 Å². The number of carbonyl (C=O) groups is 1. The van der Waals surface area contributed by atoms with E-state index in [1.165, 1.54) is 36.7 Å². The Balaban J connectivity index is 2.17. The topological polar surface area (TPSA) is 79.4 Å². The number of pyridine rings is 1. The quantitative estimate of drug-likeness (QED) is 0.902. The number of amides is 1. The SMILES string of the molecule is Cc1ccc(S(=O)(=O)N2CC(C)C(=O)Nc3ccncc32)c(F)c1. The molecule has 2 aromatic rings. The van der Waals surface area contributed by atoms with Gasteiger partial charge >= 0.3 is 0 Å². The van der Waals surface area contributed by atoms with Crippen LogP contribution in [0.15, 0.2) is 41.6 Å². The van der Waals surface area contributed by atoms with E-state index in [4.69, 9.17) is 0 Å². The third kappa shape index (κ3) is 2.73. The Morgan fingerprint density at radius 1 is 1.33 bits per heavy atom. The summed E-state index contributed by atoms with van der Waals surface area (Å²) in [7, 11) is -4.18. The fourth-order valence-electron chi connectivity index (χ4n) is 2.54. The number of nitrogens with one attached hydrogen (secondary N) is 1. The van der Waals surface area contributed by atoms with Crippen LogP contribution < -0.4 is 9.62 Å². The highest BCUT2D eigenvalue weighted by Gasteiger charge is 2.34. The van der Waals surface area contributed by atoms with Crippen molar-refractivity contribution in [2.24, 2.45) is 5.92 Å². The maximum absolute atomic E-state index is 14.2. The van der Waals surface area contributed by atoms with Crippen molar-refractivity contribution in [3.05, 3.63) is 48.0 Å². The van der Waals surface area contributed by atoms with Crippen molar-refractivity contribution in [3.8, 4) is 0 Å². The van der Waals surface area contributed by atoms with Crippen molar-refractivity contribution in [1.29, 1.82) is 0 Å². The first-order valence-electron chi connectivity index (χ1n) is 7.34. The van der Waals surface area contributed by atoms with Gasteiger partial charge in [0.15, 0.2) is 0 Å². The monoisotopic (exact) mass is 349 g/mol. The van der Waals surface area contributed by atoms with Gasteiger partial charge in [-0.15, -0.1) is 0 Å². The van der Waals surface area contributed by atoms with Crippen molar-refractivity contribution in [2.45, 2.75) is 18.7 Å². The van der Waals surface area contributed by atoms with Crippen LogP contribution in [0, 0.1) is 18.7 Å². The van der Waals surface area contributed by atoms with Crippen LogP contribution in [0.2, 0.25) is 0 Å². The van der Waals surface area contributed by atoms with Gasteiger partial charge in [0.1, 0.15) is 10.7 Å². The van der Waals surface area contributed by atoms with E-state index in [2.05, 4.69) is 10.3 Å². The van der Waals surface area contributed by atoms with Gasteiger partial charge in [-0.2, -0.15) is 0 Å². The number of benzene rings is 1. The Morgan fingerprint density at radius 2 is 2.08 bits per heavy atom. The van der Waals surface area contributed by atoms with E-state index in [1.54, 1.807) is 13.8 Å². The standard InChI is InChI=1S/C16H16FN3O3S/c1-10-3-4-15(12(17)7-10)24(22,23)20-9-11(2)16(21)19-13-5-6-18-8-14(13)20/h3-8,11H,9H2,1-2H3,(H,19,21). The molecule has 1 amide bonds. The zero-order chi connectivity index (χ0) is 17.5. The molecule has 2 heterocycles. The average molecular weight is 349 g/mol. The second-order valence-electron chi connectivity index (χ2n) is 5.75. The van der Waals surface area contributed by atoms with Crippen LogP contribution in [-0.2, 0) is 14.8 Å². The lowest BCUT2D eigenvalue weighted by molar-refractivity contribution is -0.119. The Kier molecular flexibility index (Phi) is 4.00. The minimum Gasteiger partial charge on any atom is -0.324 e. The first-order chi connectivity index (χ1) is 11.3. The van der Waals surface area contributed by atoms with E-state index < -0.39 is 26.7 Å². The number of anilines is 2. The van der Waals surface area contributed by atoms with Crippen molar-refractivity contribution < 1.29 is 17.6 Å². The van der Waals surface area contributed by atoms with Gasteiger partial charge in [-0.3, -0.25) is 14.1 Å². The van der Waals surface area contributed by atoms with Crippen molar-refractivity contribution in [1.82, 2.24) is 4.98 Å². The molecule has 1 N–H and O–H groups in total. The number of halogens is 1. The minimum atomic E-state index is -4.18. The number of sulfonamides is 1. The smallest absolute Gasteiger partial charge is 0.267 e. The maximum Gasteiger partial charge on any atom is 0.267 e. The molecule has 1 aliphatic rings. The van der Waals surface area contributed by atoms with E-state index in [0.29, 0.717) is 11.3 Å². The second kappa shape index (κ2) is 5.86. The van der Waals surface area contributed by atoms with Crippen LogP contribution in [-0.4, -0.2) is 25.9 Å². The summed E-state index contributed by atoms with van der Waals surface area (Å²) in [5, 5.41) is 2.67. The highest BCUT2D eigenvalue weighted by Crippen LogP contribution is 2.34. The number of aromatic nitrogens is 1. The molecule has 1 aromatic heterocycles. The summed E-state index contributed by atoms with van der Waals surface area (Å²) in [5.41, 5.74) is 1.17. The average Bonchev–Trinajstić information content (AvgIpc) is 2.64. The lowest BCUT2D eigenvalue weighted by atomic mass is 10.2. The normalized spacial score (nSPS) is 17.9. The summed E-state index contributed by atoms with van der Waals surface area (Å²) in [4.78, 5) is 15.6. The third-order valence-electron chi connectivity index (χ3n) is 3.87. The van der Waals surface area contributed by atoms with Gasteiger partial charge in [0.25, 0.3) is 10.0 Å². The number of hydrogen-bond donors (Lipinski definition) is 1. The number of carbonyl (C=O) groups excluding carboxylic acids is 1. The molecule has 1 unspecified atom stereocenters. The lowest BCUT2D eigenvalue weighted by Gasteiger charge is -2.25. The Bertz CT molecular complexity index is 915. The van der Waals surface area contributed by atoms with Crippen LogP contribution in [0.1, 0.15) is 12.5 Å². The largest absolute Gasteiger partial charge is 0.324 e. The molecule has 1 aliphatic heterocycles. The predicted octanol–water partition coefficient (Wildman–Crippen LogP) is 2.31. The molecule has 1 aromatic carbocycles. The van der Waals surface area contributed by atoms with Crippen LogP contribution in [0.25, 0.3) is 0 Å². The van der Waals surface area contributed by atoms with Crippen molar-refractivity contribution in [2.75, 3.05) is 16.2 Å². The number of aryl methyl sites for hydroxylation is 1. The highest BCUT2D eigenvalue weighted by atomic mass is 32.2. The van der Waals surface area contributed by atoms with Gasteiger partial charge in [0, 0.05) is 12.7 Å². The maximum atomic E-state index is 14.2. The highest BCUT2D eigenvalue weighted by molar-refractivity contribution is 7.92. The fraction of sp³-hybridized carbons (Fsp3) is 0.250. The molecule has 0 aliphatic carbocycles. The number of hydrogen-bond acceptors (Lipinski definition) is 4. The molecule has 3 rings (SSSR count). The van der Waals surface area contributed by atoms with Crippen LogP contribution in [0.4, 0.5) is 15.8 Å². The van der Waals surface area contributed by atoms with Gasteiger partial charge in [0.2, 0.25) is 5.91 Å². The van der Waals surface area contributed by atoms with E-state index in [1.807, 2.05) is 0 Å². The summed E-state index contributed by atoms with van der Waals surface area (Å²) < 4.78 is 41.3. The molecule has 1 atom stereocenters. The number of fused-ring (bicyclic) bond motifs is 1. The summed E-state index contributed by atoms with van der Waals surface area (Å²) in [6.45, 7) is 3.19. The summed E-state index contributed by atoms with van der Waals surface area (Å²) in [6.07, 6.45) is 2.80. The van der Waals surface area contributed by atoms with E-state index >= 15 is 0 Å². The van der Waals surface area contributed by atoms with Crippen LogP contribution in [0.5, 0.6) is 0 Å². The predicted molar refractivity (Wildman–Crippen MR) is 87.7 cm³/mol. The fourth-order valence-corrected chi connectivity index (χ4v) is 4.14. The summed E-state index contributed by atoms with van der Waals surface area (Å²) >= 11 is 0. The summed E-state index contributed by atoms with van der Waals surface area (Å²) in [6, 6.07) is 5.45. The van der Waals surface area contributed by atoms with Crippen LogP contribution >= 0.6 is 0 Å². The van der Waals surface area contributed by atoms with Gasteiger partial charge in [-0.1, -0.05) is 13.0 Å². The first kappa shape index (κ1) is 16.4. The van der Waals surface area contributed by atoms with E-state index in [0.717, 1.165) is 4.31 Å². The Morgan fingerprint density at radius 3 is 2.79 bits per heavy atom. The van der Waals surface area contributed by atoms with E-state index in [-0.39, 0.29) is 18.1 Å². The van der Waals surface area contributed by atoms with Gasteiger partial charge in [-0.05, 0) is 30.7 Å². The molecule has 0 fully saturated rings. The Hall–Kier alpha value is -2.48. The molecular formula is C16H16FN3O3S. The zero-order valence-electron chi connectivity index (χ0n) is 13.2. The molecule has 0 radical (unpaired) electrons. The third-order valence-corrected chi connectivity index (χ3v) is 5.68. The van der Waals surface area contributed by atoms with E-state index in [9.17, 15) is 17.6 Å². The molecule has 24 heavy (non-hydrogen) atoms. The van der Waals surface area contributed by atoms with Crippen molar-refractivity contribution in [3.63, 3.8) is 0 Å². The van der Waals surface area contributed by atoms with Gasteiger partial charge in [0.05, 0.1) is 23.5 Å². The molecule has 0 spiro atoms. The number of nitrogens with zero attached hydrogens (tertiary/aromatic N) is 2. The van der Waals surface area contributed by atoms with Crippen molar-refractivity contribution >= 4 is 27.3 Å². The number of rotatable bonds is 2. The van der Waals surface area contributed by atoms with Crippen LogP contribution in [0.3, 0.4) is 0 Å². The zero-order valence-corrected chi connectivity index (χ0v) is 14.0. The lowest BCUT2D eigenvalue weighted by Crippen LogP contribution is -2.36. The summed E-state index contributed by atoms with van der Waals surface area (Å²) in [5.74, 6) is -1.72. The molecule has 0 bridgehead atoms. The molecule has 0 saturated heterocycles.